The van der Waals surface area contributed by atoms with Crippen molar-refractivity contribution in [2.24, 2.45) is 11.8 Å². The maximum atomic E-state index is 12.1. The van der Waals surface area contributed by atoms with Gasteiger partial charge in [0, 0.05) is 5.92 Å². The standard InChI is InChI=1S/C13H14N2O6/c16-9-3-4-10(11(6-9)15(20)21)14-12(17)7-1-2-8(5-7)13(18)19/h3-4,6-8,16H,1-2,5H2,(H,14,17)(H,18,19)/t7-,8+/m1/s1. The molecule has 1 amide bonds. The van der Waals surface area contributed by atoms with Crippen LogP contribution in [0.5, 0.6) is 5.75 Å². The van der Waals surface area contributed by atoms with Crippen molar-refractivity contribution in [2.75, 3.05) is 5.32 Å². The number of amides is 1. The molecule has 2 rings (SSSR count). The summed E-state index contributed by atoms with van der Waals surface area (Å²) < 4.78 is 0. The first kappa shape index (κ1) is 14.8. The van der Waals surface area contributed by atoms with Gasteiger partial charge in [0.25, 0.3) is 5.69 Å². The number of nitrogens with one attached hydrogen (secondary N) is 1. The Morgan fingerprint density at radius 2 is 1.95 bits per heavy atom. The number of nitro benzene ring substituents is 1. The van der Waals surface area contributed by atoms with Crippen LogP contribution in [0.3, 0.4) is 0 Å². The minimum Gasteiger partial charge on any atom is -0.508 e. The number of nitro groups is 1. The number of aliphatic carboxylic acids is 1. The summed E-state index contributed by atoms with van der Waals surface area (Å²) in [7, 11) is 0. The highest BCUT2D eigenvalue weighted by atomic mass is 16.6. The molecule has 1 fully saturated rings. The third kappa shape index (κ3) is 3.28. The first-order chi connectivity index (χ1) is 9.88. The molecule has 0 aliphatic heterocycles. The van der Waals surface area contributed by atoms with E-state index < -0.39 is 34.3 Å². The summed E-state index contributed by atoms with van der Waals surface area (Å²) in [6, 6.07) is 3.43. The maximum absolute atomic E-state index is 12.1. The van der Waals surface area contributed by atoms with Crippen LogP contribution in [0.2, 0.25) is 0 Å². The predicted molar refractivity (Wildman–Crippen MR) is 71.9 cm³/mol. The number of hydrogen-bond donors (Lipinski definition) is 3. The van der Waals surface area contributed by atoms with Gasteiger partial charge in [-0.1, -0.05) is 0 Å². The second-order valence-corrected chi connectivity index (χ2v) is 4.99. The lowest BCUT2D eigenvalue weighted by Gasteiger charge is -2.11. The SMILES string of the molecule is O=C(O)[C@H]1CC[C@@H](C(=O)Nc2ccc(O)cc2[N+](=O)[O-])C1. The van der Waals surface area contributed by atoms with Gasteiger partial charge in [-0.3, -0.25) is 19.7 Å². The largest absolute Gasteiger partial charge is 0.508 e. The molecule has 1 saturated carbocycles. The van der Waals surface area contributed by atoms with Crippen molar-refractivity contribution in [2.45, 2.75) is 19.3 Å². The molecule has 1 aliphatic rings. The van der Waals surface area contributed by atoms with Gasteiger partial charge in [-0.25, -0.2) is 0 Å². The van der Waals surface area contributed by atoms with Crippen LogP contribution in [-0.2, 0) is 9.59 Å². The Kier molecular flexibility index (Phi) is 4.06. The third-order valence-corrected chi connectivity index (χ3v) is 3.59. The minimum atomic E-state index is -0.930. The highest BCUT2D eigenvalue weighted by Gasteiger charge is 2.34. The van der Waals surface area contributed by atoms with Crippen molar-refractivity contribution in [3.63, 3.8) is 0 Å². The van der Waals surface area contributed by atoms with Crippen molar-refractivity contribution in [3.05, 3.63) is 28.3 Å². The molecule has 1 aromatic rings. The van der Waals surface area contributed by atoms with Gasteiger partial charge in [-0.05, 0) is 31.4 Å². The lowest BCUT2D eigenvalue weighted by Crippen LogP contribution is -2.22. The lowest BCUT2D eigenvalue weighted by molar-refractivity contribution is -0.384. The van der Waals surface area contributed by atoms with Crippen molar-refractivity contribution >= 4 is 23.3 Å². The number of rotatable bonds is 4. The Morgan fingerprint density at radius 1 is 1.29 bits per heavy atom. The highest BCUT2D eigenvalue weighted by Crippen LogP contribution is 2.34. The zero-order valence-corrected chi connectivity index (χ0v) is 11.0. The van der Waals surface area contributed by atoms with Gasteiger partial charge in [0.05, 0.1) is 16.9 Å². The number of anilines is 1. The van der Waals surface area contributed by atoms with E-state index in [0.717, 1.165) is 6.07 Å². The monoisotopic (exact) mass is 294 g/mol. The molecule has 2 atom stereocenters. The van der Waals surface area contributed by atoms with Gasteiger partial charge in [0.2, 0.25) is 5.91 Å². The fourth-order valence-electron chi connectivity index (χ4n) is 2.46. The zero-order chi connectivity index (χ0) is 15.6. The third-order valence-electron chi connectivity index (χ3n) is 3.59. The van der Waals surface area contributed by atoms with E-state index in [1.165, 1.54) is 12.1 Å². The number of carboxylic acid groups (broad SMARTS) is 1. The summed E-state index contributed by atoms with van der Waals surface area (Å²) in [4.78, 5) is 33.1. The molecule has 0 spiro atoms. The molecule has 0 heterocycles. The van der Waals surface area contributed by atoms with E-state index >= 15 is 0 Å². The molecule has 0 aromatic heterocycles. The van der Waals surface area contributed by atoms with Crippen LogP contribution >= 0.6 is 0 Å². The van der Waals surface area contributed by atoms with Crippen molar-refractivity contribution in [1.82, 2.24) is 0 Å². The second kappa shape index (κ2) is 5.78. The van der Waals surface area contributed by atoms with Gasteiger partial charge in [-0.15, -0.1) is 0 Å². The van der Waals surface area contributed by atoms with Gasteiger partial charge >= 0.3 is 5.97 Å². The topological polar surface area (TPSA) is 130 Å². The first-order valence-corrected chi connectivity index (χ1v) is 6.39. The molecular weight excluding hydrogens is 280 g/mol. The molecule has 0 radical (unpaired) electrons. The molecule has 1 aromatic carbocycles. The summed E-state index contributed by atoms with van der Waals surface area (Å²) >= 11 is 0. The Balaban J connectivity index is 2.10. The Labute approximate surface area is 119 Å². The Bertz CT molecular complexity index is 600. The second-order valence-electron chi connectivity index (χ2n) is 4.99. The number of phenols is 1. The molecule has 0 bridgehead atoms. The number of aromatic hydroxyl groups is 1. The summed E-state index contributed by atoms with van der Waals surface area (Å²) in [5.74, 6) is -2.66. The van der Waals surface area contributed by atoms with Crippen molar-refractivity contribution < 1.29 is 24.7 Å². The number of hydrogen-bond acceptors (Lipinski definition) is 5. The van der Waals surface area contributed by atoms with Crippen LogP contribution in [0.4, 0.5) is 11.4 Å². The van der Waals surface area contributed by atoms with Gasteiger partial charge in [0.15, 0.2) is 0 Å². The molecule has 8 nitrogen and oxygen atoms in total. The van der Waals surface area contributed by atoms with E-state index in [9.17, 15) is 24.8 Å². The van der Waals surface area contributed by atoms with Crippen molar-refractivity contribution in [1.29, 1.82) is 0 Å². The molecule has 21 heavy (non-hydrogen) atoms. The summed E-state index contributed by atoms with van der Waals surface area (Å²) in [5, 5.41) is 31.5. The van der Waals surface area contributed by atoms with Crippen LogP contribution in [0.25, 0.3) is 0 Å². The summed E-state index contributed by atoms with van der Waals surface area (Å²) in [5.41, 5.74) is -0.419. The van der Waals surface area contributed by atoms with E-state index in [0.29, 0.717) is 12.8 Å². The highest BCUT2D eigenvalue weighted by molar-refractivity contribution is 5.95. The van der Waals surface area contributed by atoms with Gasteiger partial charge < -0.3 is 15.5 Å². The molecular formula is C13H14N2O6. The van der Waals surface area contributed by atoms with Crippen LogP contribution in [-0.4, -0.2) is 27.0 Å². The first-order valence-electron chi connectivity index (χ1n) is 6.39. The molecule has 0 unspecified atom stereocenters. The quantitative estimate of drug-likeness (QED) is 0.440. The molecule has 112 valence electrons. The van der Waals surface area contributed by atoms with Crippen LogP contribution in [0.1, 0.15) is 19.3 Å². The zero-order valence-electron chi connectivity index (χ0n) is 11.0. The maximum Gasteiger partial charge on any atom is 0.306 e. The number of carbonyl (C=O) groups excluding carboxylic acids is 1. The molecule has 1 aliphatic carbocycles. The Hall–Kier alpha value is -2.64. The minimum absolute atomic E-state index is 0.0124. The smallest absolute Gasteiger partial charge is 0.306 e. The fraction of sp³-hybridized carbons (Fsp3) is 0.385. The number of benzene rings is 1. The van der Waals surface area contributed by atoms with Crippen LogP contribution in [0, 0.1) is 22.0 Å². The number of nitrogens with zero attached hydrogens (tertiary/aromatic N) is 1. The number of phenolic OH excluding ortho intramolecular Hbond substituents is 1. The van der Waals surface area contributed by atoms with Gasteiger partial charge in [0.1, 0.15) is 11.4 Å². The molecule has 0 saturated heterocycles. The average Bonchev–Trinajstić information content (AvgIpc) is 2.90. The van der Waals surface area contributed by atoms with E-state index in [4.69, 9.17) is 5.11 Å². The predicted octanol–water partition coefficient (Wildman–Crippen LogP) is 1.74. The van der Waals surface area contributed by atoms with E-state index in [2.05, 4.69) is 5.32 Å². The van der Waals surface area contributed by atoms with E-state index in [-0.39, 0.29) is 17.9 Å². The lowest BCUT2D eigenvalue weighted by atomic mass is 10.0. The average molecular weight is 294 g/mol. The summed E-state index contributed by atoms with van der Waals surface area (Å²) in [6.45, 7) is 0. The Morgan fingerprint density at radius 3 is 2.52 bits per heavy atom. The van der Waals surface area contributed by atoms with E-state index in [1.54, 1.807) is 0 Å². The van der Waals surface area contributed by atoms with Gasteiger partial charge in [-0.2, -0.15) is 0 Å². The fourth-order valence-corrected chi connectivity index (χ4v) is 2.46. The summed E-state index contributed by atoms with van der Waals surface area (Å²) in [6.07, 6.45) is 1.09. The van der Waals surface area contributed by atoms with Crippen LogP contribution in [0.15, 0.2) is 18.2 Å². The normalized spacial score (nSPS) is 21.0. The number of carboxylic acids is 1. The van der Waals surface area contributed by atoms with Crippen molar-refractivity contribution in [3.8, 4) is 5.75 Å². The van der Waals surface area contributed by atoms with Crippen LogP contribution < -0.4 is 5.32 Å². The van der Waals surface area contributed by atoms with E-state index in [1.807, 2.05) is 0 Å². The number of carbonyl (C=O) groups is 2. The molecule has 3 N–H and O–H groups in total. The molecule has 8 heteroatoms.